The minimum absolute atomic E-state index is 0.107. The van der Waals surface area contributed by atoms with E-state index in [0.717, 1.165) is 31.6 Å². The molecule has 90 valence electrons. The molecule has 4 nitrogen and oxygen atoms in total. The van der Waals surface area contributed by atoms with E-state index in [0.29, 0.717) is 6.04 Å². The third kappa shape index (κ3) is 2.76. The molecule has 0 amide bonds. The summed E-state index contributed by atoms with van der Waals surface area (Å²) in [6.07, 6.45) is 5.74. The summed E-state index contributed by atoms with van der Waals surface area (Å²) in [7, 11) is 0. The van der Waals surface area contributed by atoms with Crippen LogP contribution >= 0.6 is 0 Å². The summed E-state index contributed by atoms with van der Waals surface area (Å²) in [5.74, 6) is 0. The molecule has 0 aromatic carbocycles. The first-order chi connectivity index (χ1) is 7.79. The van der Waals surface area contributed by atoms with E-state index in [4.69, 9.17) is 0 Å². The number of aromatic amines is 1. The van der Waals surface area contributed by atoms with Gasteiger partial charge >= 0.3 is 0 Å². The molecule has 1 fully saturated rings. The summed E-state index contributed by atoms with van der Waals surface area (Å²) in [4.78, 5) is 11.7. The first-order valence-electron chi connectivity index (χ1n) is 6.31. The Bertz CT molecular complexity index is 374. The van der Waals surface area contributed by atoms with Crippen LogP contribution in [-0.4, -0.2) is 22.4 Å². The van der Waals surface area contributed by atoms with Crippen molar-refractivity contribution in [2.45, 2.75) is 51.6 Å². The van der Waals surface area contributed by atoms with Gasteiger partial charge in [0.15, 0.2) is 0 Å². The standard InChI is InChI=1S/C12H21N3O/c1-2-5-10-8-12(16)15(14-10)9-11-6-3-4-7-13-11/h8,11,13-14H,2-7,9H2,1H3. The van der Waals surface area contributed by atoms with Gasteiger partial charge in [-0.2, -0.15) is 0 Å². The van der Waals surface area contributed by atoms with E-state index in [1.54, 1.807) is 10.7 Å². The monoisotopic (exact) mass is 223 g/mol. The highest BCUT2D eigenvalue weighted by Crippen LogP contribution is 2.08. The highest BCUT2D eigenvalue weighted by molar-refractivity contribution is 4.99. The van der Waals surface area contributed by atoms with Crippen LogP contribution in [0.5, 0.6) is 0 Å². The molecule has 1 atom stereocenters. The summed E-state index contributed by atoms with van der Waals surface area (Å²) in [5, 5.41) is 6.65. The van der Waals surface area contributed by atoms with Crippen LogP contribution in [0, 0.1) is 0 Å². The predicted octanol–water partition coefficient (Wildman–Crippen LogP) is 1.27. The van der Waals surface area contributed by atoms with E-state index in [-0.39, 0.29) is 5.56 Å². The molecule has 4 heteroatoms. The topological polar surface area (TPSA) is 49.8 Å². The van der Waals surface area contributed by atoms with Crippen LogP contribution in [-0.2, 0) is 13.0 Å². The number of aromatic nitrogens is 2. The molecule has 0 saturated carbocycles. The van der Waals surface area contributed by atoms with Crippen LogP contribution in [0.2, 0.25) is 0 Å². The number of nitrogens with zero attached hydrogens (tertiary/aromatic N) is 1. The summed E-state index contributed by atoms with van der Waals surface area (Å²) in [6.45, 7) is 3.99. The Morgan fingerprint density at radius 2 is 2.38 bits per heavy atom. The van der Waals surface area contributed by atoms with Gasteiger partial charge in [-0.1, -0.05) is 19.8 Å². The fraction of sp³-hybridized carbons (Fsp3) is 0.750. The molecule has 1 aliphatic heterocycles. The number of hydrogen-bond donors (Lipinski definition) is 2. The average molecular weight is 223 g/mol. The molecule has 1 aliphatic rings. The molecule has 2 N–H and O–H groups in total. The van der Waals surface area contributed by atoms with Gasteiger partial charge in [0, 0.05) is 17.8 Å². The van der Waals surface area contributed by atoms with Crippen LogP contribution in [0.25, 0.3) is 0 Å². The molecular weight excluding hydrogens is 202 g/mol. The van der Waals surface area contributed by atoms with Crippen molar-refractivity contribution in [3.63, 3.8) is 0 Å². The predicted molar refractivity (Wildman–Crippen MR) is 64.7 cm³/mol. The van der Waals surface area contributed by atoms with Crippen LogP contribution < -0.4 is 10.9 Å². The van der Waals surface area contributed by atoms with Crippen molar-refractivity contribution in [1.29, 1.82) is 0 Å². The van der Waals surface area contributed by atoms with Crippen LogP contribution in [0.1, 0.15) is 38.3 Å². The lowest BCUT2D eigenvalue weighted by Gasteiger charge is -2.23. The summed E-state index contributed by atoms with van der Waals surface area (Å²) in [6, 6.07) is 2.19. The van der Waals surface area contributed by atoms with E-state index in [1.165, 1.54) is 19.3 Å². The number of hydrogen-bond acceptors (Lipinski definition) is 2. The molecule has 0 aliphatic carbocycles. The Morgan fingerprint density at radius 3 is 3.06 bits per heavy atom. The van der Waals surface area contributed by atoms with Crippen LogP contribution in [0.15, 0.2) is 10.9 Å². The van der Waals surface area contributed by atoms with Crippen molar-refractivity contribution in [1.82, 2.24) is 15.1 Å². The minimum Gasteiger partial charge on any atom is -0.312 e. The first kappa shape index (κ1) is 11.5. The van der Waals surface area contributed by atoms with Gasteiger partial charge in [-0.05, 0) is 25.8 Å². The maximum atomic E-state index is 11.7. The van der Waals surface area contributed by atoms with Gasteiger partial charge in [0.05, 0.1) is 6.54 Å². The Labute approximate surface area is 96.0 Å². The van der Waals surface area contributed by atoms with Crippen molar-refractivity contribution >= 4 is 0 Å². The third-order valence-corrected chi connectivity index (χ3v) is 3.18. The average Bonchev–Trinajstić information content (AvgIpc) is 2.61. The number of piperidine rings is 1. The number of rotatable bonds is 4. The quantitative estimate of drug-likeness (QED) is 0.807. The van der Waals surface area contributed by atoms with E-state index in [1.807, 2.05) is 0 Å². The van der Waals surface area contributed by atoms with Crippen molar-refractivity contribution in [2.24, 2.45) is 0 Å². The zero-order valence-corrected chi connectivity index (χ0v) is 9.96. The van der Waals surface area contributed by atoms with Crippen molar-refractivity contribution in [3.8, 4) is 0 Å². The molecule has 1 saturated heterocycles. The molecule has 1 aromatic heterocycles. The van der Waals surface area contributed by atoms with E-state index in [2.05, 4.69) is 17.3 Å². The second kappa shape index (κ2) is 5.34. The van der Waals surface area contributed by atoms with Gasteiger partial charge in [0.1, 0.15) is 0 Å². The first-order valence-corrected chi connectivity index (χ1v) is 6.31. The van der Waals surface area contributed by atoms with Crippen LogP contribution in [0.4, 0.5) is 0 Å². The number of aryl methyl sites for hydroxylation is 1. The maximum Gasteiger partial charge on any atom is 0.266 e. The lowest BCUT2D eigenvalue weighted by atomic mass is 10.1. The Kier molecular flexibility index (Phi) is 3.83. The molecule has 2 rings (SSSR count). The maximum absolute atomic E-state index is 11.7. The van der Waals surface area contributed by atoms with E-state index >= 15 is 0 Å². The van der Waals surface area contributed by atoms with Gasteiger partial charge in [-0.25, -0.2) is 0 Å². The molecule has 2 heterocycles. The molecule has 0 spiro atoms. The number of nitrogens with one attached hydrogen (secondary N) is 2. The van der Waals surface area contributed by atoms with Gasteiger partial charge in [-0.3, -0.25) is 14.6 Å². The fourth-order valence-corrected chi connectivity index (χ4v) is 2.32. The number of H-pyrrole nitrogens is 1. The SMILES string of the molecule is CCCc1cc(=O)n(CC2CCCCN2)[nH]1. The lowest BCUT2D eigenvalue weighted by molar-refractivity contribution is 0.347. The van der Waals surface area contributed by atoms with E-state index in [9.17, 15) is 4.79 Å². The highest BCUT2D eigenvalue weighted by atomic mass is 16.1. The van der Waals surface area contributed by atoms with Crippen LogP contribution in [0.3, 0.4) is 0 Å². The second-order valence-corrected chi connectivity index (χ2v) is 4.63. The molecule has 0 radical (unpaired) electrons. The Hall–Kier alpha value is -1.03. The molecule has 1 aromatic rings. The van der Waals surface area contributed by atoms with Crippen molar-refractivity contribution in [2.75, 3.05) is 6.54 Å². The van der Waals surface area contributed by atoms with Gasteiger partial charge in [0.25, 0.3) is 5.56 Å². The summed E-state index contributed by atoms with van der Waals surface area (Å²) < 4.78 is 1.74. The molecule has 16 heavy (non-hydrogen) atoms. The van der Waals surface area contributed by atoms with Gasteiger partial charge in [-0.15, -0.1) is 0 Å². The molecular formula is C12H21N3O. The normalized spacial score (nSPS) is 21.2. The molecule has 0 bridgehead atoms. The van der Waals surface area contributed by atoms with Crippen molar-refractivity contribution < 1.29 is 0 Å². The van der Waals surface area contributed by atoms with Crippen molar-refractivity contribution in [3.05, 3.63) is 22.1 Å². The van der Waals surface area contributed by atoms with Gasteiger partial charge in [0.2, 0.25) is 0 Å². The Balaban J connectivity index is 1.99. The second-order valence-electron chi connectivity index (χ2n) is 4.63. The fourth-order valence-electron chi connectivity index (χ4n) is 2.32. The van der Waals surface area contributed by atoms with E-state index < -0.39 is 0 Å². The Morgan fingerprint density at radius 1 is 1.50 bits per heavy atom. The zero-order valence-electron chi connectivity index (χ0n) is 9.96. The minimum atomic E-state index is 0.107. The summed E-state index contributed by atoms with van der Waals surface area (Å²) >= 11 is 0. The largest absolute Gasteiger partial charge is 0.312 e. The highest BCUT2D eigenvalue weighted by Gasteiger charge is 2.14. The lowest BCUT2D eigenvalue weighted by Crippen LogP contribution is -2.39. The van der Waals surface area contributed by atoms with Gasteiger partial charge < -0.3 is 5.32 Å². The summed E-state index contributed by atoms with van der Waals surface area (Å²) in [5.41, 5.74) is 1.17. The zero-order chi connectivity index (χ0) is 11.4. The third-order valence-electron chi connectivity index (χ3n) is 3.18. The molecule has 1 unspecified atom stereocenters. The smallest absolute Gasteiger partial charge is 0.266 e.